The van der Waals surface area contributed by atoms with E-state index in [4.69, 9.17) is 14.2 Å². The van der Waals surface area contributed by atoms with E-state index in [2.05, 4.69) is 37.3 Å². The van der Waals surface area contributed by atoms with Gasteiger partial charge in [-0.2, -0.15) is 0 Å². The van der Waals surface area contributed by atoms with Crippen molar-refractivity contribution in [2.24, 2.45) is 20.5 Å². The molecule has 0 aliphatic rings. The highest BCUT2D eigenvalue weighted by molar-refractivity contribution is 7.30. The Morgan fingerprint density at radius 2 is 1.39 bits per heavy atom. The van der Waals surface area contributed by atoms with Gasteiger partial charge in [-0.05, 0) is 81.3 Å². The van der Waals surface area contributed by atoms with Gasteiger partial charge in [0.05, 0.1) is 42.3 Å². The Balaban J connectivity index is 1.15. The quantitative estimate of drug-likeness (QED) is 0.0452. The van der Waals surface area contributed by atoms with Crippen LogP contribution in [0.1, 0.15) is 78.6 Å². The molecule has 262 valence electrons. The molecule has 0 amide bonds. The molecule has 0 bridgehead atoms. The second-order valence-corrected chi connectivity index (χ2v) is 13.2. The first kappa shape index (κ1) is 37.6. The lowest BCUT2D eigenvalue weighted by Gasteiger charge is -2.22. The Bertz CT molecular complexity index is 1600. The summed E-state index contributed by atoms with van der Waals surface area (Å²) in [6.07, 6.45) is 8.57. The molecule has 49 heavy (non-hydrogen) atoms. The van der Waals surface area contributed by atoms with Crippen LogP contribution in [0.25, 0.3) is 9.53 Å². The number of benzene rings is 2. The topological polar surface area (TPSA) is 127 Å². The third-order valence-corrected chi connectivity index (χ3v) is 9.44. The third kappa shape index (κ3) is 13.3. The molecule has 0 saturated heterocycles. The second-order valence-electron chi connectivity index (χ2n) is 11.2. The number of carbonyl (C=O) groups is 2. The van der Waals surface area contributed by atoms with Crippen molar-refractivity contribution < 1.29 is 23.8 Å². The maximum atomic E-state index is 11.7. The fourth-order valence-corrected chi connectivity index (χ4v) is 6.70. The molecule has 0 spiro atoms. The van der Waals surface area contributed by atoms with Gasteiger partial charge in [-0.1, -0.05) is 61.7 Å². The summed E-state index contributed by atoms with van der Waals surface area (Å²) in [5.41, 5.74) is 2.49. The molecule has 0 unspecified atom stereocenters. The number of rotatable bonds is 22. The summed E-state index contributed by atoms with van der Waals surface area (Å²) in [5, 5.41) is 18.8. The number of unbranched alkanes of at least 4 members (excludes halogenated alkanes) is 6. The number of carbonyl (C=O) groups excluding carboxylic acids is 2. The van der Waals surface area contributed by atoms with Gasteiger partial charge < -0.3 is 19.1 Å². The van der Waals surface area contributed by atoms with Gasteiger partial charge in [-0.3, -0.25) is 9.59 Å². The summed E-state index contributed by atoms with van der Waals surface area (Å²) in [4.78, 5) is 30.4. The van der Waals surface area contributed by atoms with Crippen LogP contribution >= 0.6 is 22.7 Å². The molecule has 11 nitrogen and oxygen atoms in total. The number of hydrogen-bond donors (Lipinski definition) is 0. The van der Waals surface area contributed by atoms with Gasteiger partial charge in [-0.15, -0.1) is 20.5 Å². The van der Waals surface area contributed by atoms with E-state index in [0.717, 1.165) is 69.6 Å². The van der Waals surface area contributed by atoms with Gasteiger partial charge in [0.2, 0.25) is 5.13 Å². The van der Waals surface area contributed by atoms with Crippen LogP contribution < -0.4 is 9.64 Å². The molecule has 13 heteroatoms. The predicted octanol–water partition coefficient (Wildman–Crippen LogP) is 11.0. The lowest BCUT2D eigenvalue weighted by molar-refractivity contribution is -0.144. The third-order valence-electron chi connectivity index (χ3n) is 7.51. The minimum Gasteiger partial charge on any atom is -0.494 e. The number of ether oxygens (including phenoxy) is 3. The fourth-order valence-electron chi connectivity index (χ4n) is 4.85. The summed E-state index contributed by atoms with van der Waals surface area (Å²) < 4.78 is 17.0. The molecule has 0 N–H and O–H groups in total. The molecular weight excluding hydrogens is 661 g/mol. The lowest BCUT2D eigenvalue weighted by atomic mass is 10.1. The van der Waals surface area contributed by atoms with Gasteiger partial charge in [0.15, 0.2) is 0 Å². The number of thiophene rings is 1. The maximum absolute atomic E-state index is 11.7. The lowest BCUT2D eigenvalue weighted by Crippen LogP contribution is -2.26. The zero-order valence-electron chi connectivity index (χ0n) is 28.6. The van der Waals surface area contributed by atoms with Crippen molar-refractivity contribution in [1.82, 2.24) is 4.98 Å². The Labute approximate surface area is 296 Å². The number of aromatic nitrogens is 1. The van der Waals surface area contributed by atoms with E-state index in [1.165, 1.54) is 41.9 Å². The number of thiazole rings is 1. The van der Waals surface area contributed by atoms with Crippen molar-refractivity contribution in [3.63, 3.8) is 0 Å². The van der Waals surface area contributed by atoms with E-state index in [-0.39, 0.29) is 11.9 Å². The Hall–Kier alpha value is -4.23. The first-order valence-electron chi connectivity index (χ1n) is 17.1. The number of fused-ring (bicyclic) bond motifs is 1. The fraction of sp³-hybridized carbons (Fsp3) is 0.472. The van der Waals surface area contributed by atoms with Gasteiger partial charge in [0.25, 0.3) is 0 Å². The molecule has 2 aromatic carbocycles. The SMILES string of the molecule is CCOC(=O)CCN(CC)c1ccc(N=Nc2nc3sc(N=Nc4ccc(OCCCCCCCCCOC(=O)CC)cc4)cc3s2)cc1. The Morgan fingerprint density at radius 1 is 0.735 bits per heavy atom. The number of esters is 2. The second kappa shape index (κ2) is 21.0. The van der Waals surface area contributed by atoms with E-state index in [1.807, 2.05) is 68.4 Å². The zero-order valence-corrected chi connectivity index (χ0v) is 30.3. The highest BCUT2D eigenvalue weighted by Gasteiger charge is 2.10. The molecule has 0 radical (unpaired) electrons. The number of anilines is 1. The monoisotopic (exact) mass is 706 g/mol. The summed E-state index contributed by atoms with van der Waals surface area (Å²) >= 11 is 2.92. The highest BCUT2D eigenvalue weighted by Crippen LogP contribution is 2.39. The average molecular weight is 707 g/mol. The Morgan fingerprint density at radius 3 is 2.04 bits per heavy atom. The van der Waals surface area contributed by atoms with E-state index in [9.17, 15) is 9.59 Å². The summed E-state index contributed by atoms with van der Waals surface area (Å²) in [7, 11) is 0. The number of azo groups is 2. The molecule has 0 fully saturated rings. The van der Waals surface area contributed by atoms with Gasteiger partial charge in [0, 0.05) is 25.2 Å². The minimum absolute atomic E-state index is 0.114. The molecule has 0 aliphatic heterocycles. The van der Waals surface area contributed by atoms with E-state index in [0.29, 0.717) is 44.3 Å². The van der Waals surface area contributed by atoms with Crippen LogP contribution in [0.3, 0.4) is 0 Å². The summed E-state index contributed by atoms with van der Waals surface area (Å²) in [6, 6.07) is 17.4. The maximum Gasteiger partial charge on any atom is 0.307 e. The molecule has 4 aromatic rings. The van der Waals surface area contributed by atoms with Crippen LogP contribution in [0, 0.1) is 0 Å². The van der Waals surface area contributed by atoms with Gasteiger partial charge in [-0.25, -0.2) is 4.98 Å². The first-order chi connectivity index (χ1) is 24.0. The van der Waals surface area contributed by atoms with Crippen molar-refractivity contribution >= 4 is 71.3 Å². The van der Waals surface area contributed by atoms with E-state index in [1.54, 1.807) is 0 Å². The molecule has 2 aromatic heterocycles. The average Bonchev–Trinajstić information content (AvgIpc) is 3.68. The molecule has 2 heterocycles. The van der Waals surface area contributed by atoms with Gasteiger partial charge in [0.1, 0.15) is 15.6 Å². The number of nitrogens with zero attached hydrogens (tertiary/aromatic N) is 6. The zero-order chi connectivity index (χ0) is 34.7. The van der Waals surface area contributed by atoms with Gasteiger partial charge >= 0.3 is 11.9 Å². The van der Waals surface area contributed by atoms with Crippen LogP contribution in [-0.4, -0.2) is 49.8 Å². The van der Waals surface area contributed by atoms with Crippen LogP contribution in [-0.2, 0) is 19.1 Å². The van der Waals surface area contributed by atoms with Crippen molar-refractivity contribution in [3.8, 4) is 5.75 Å². The predicted molar refractivity (Wildman–Crippen MR) is 197 cm³/mol. The van der Waals surface area contributed by atoms with Crippen LogP contribution in [0.4, 0.5) is 27.2 Å². The van der Waals surface area contributed by atoms with Crippen LogP contribution in [0.2, 0.25) is 0 Å². The minimum atomic E-state index is -0.187. The molecule has 0 atom stereocenters. The van der Waals surface area contributed by atoms with E-state index < -0.39 is 0 Å². The Kier molecular flexibility index (Phi) is 16.1. The van der Waals surface area contributed by atoms with E-state index >= 15 is 0 Å². The smallest absolute Gasteiger partial charge is 0.307 e. The molecule has 4 rings (SSSR count). The normalized spacial score (nSPS) is 11.5. The molecule has 0 saturated carbocycles. The molecule has 0 aliphatic carbocycles. The highest BCUT2D eigenvalue weighted by atomic mass is 32.1. The van der Waals surface area contributed by atoms with Crippen molar-refractivity contribution in [2.75, 3.05) is 37.8 Å². The largest absolute Gasteiger partial charge is 0.494 e. The first-order valence-corrected chi connectivity index (χ1v) is 18.7. The van der Waals surface area contributed by atoms with Crippen molar-refractivity contribution in [1.29, 1.82) is 0 Å². The van der Waals surface area contributed by atoms with Crippen molar-refractivity contribution in [3.05, 3.63) is 54.6 Å². The van der Waals surface area contributed by atoms with Crippen LogP contribution in [0.5, 0.6) is 5.75 Å². The summed E-state index contributed by atoms with van der Waals surface area (Å²) in [6.45, 7) is 8.69. The van der Waals surface area contributed by atoms with Crippen LogP contribution in [0.15, 0.2) is 75.1 Å². The standard InChI is InChI=1S/C36H46N6O5S2/c1-4-33(43)47-25-13-11-9-7-8-10-12-24-46-30-20-16-28(17-21-30)38-40-32-26-31-35(49-32)37-36(48-31)41-39-27-14-18-29(19-15-27)42(5-2)23-22-34(44)45-6-3/h14-21,26H,4-13,22-25H2,1-3H3. The number of hydrogen-bond acceptors (Lipinski definition) is 13. The summed E-state index contributed by atoms with van der Waals surface area (Å²) in [5.74, 6) is 0.526. The molecular formula is C36H46N6O5S2. The van der Waals surface area contributed by atoms with Crippen molar-refractivity contribution in [2.45, 2.75) is 78.6 Å².